The van der Waals surface area contributed by atoms with Crippen molar-refractivity contribution >= 4 is 0 Å². The van der Waals surface area contributed by atoms with E-state index in [0.717, 1.165) is 18.9 Å². The maximum Gasteiger partial charge on any atom is 0.119 e. The fourth-order valence-electron chi connectivity index (χ4n) is 2.51. The third kappa shape index (κ3) is 2.05. The third-order valence-corrected chi connectivity index (χ3v) is 3.52. The van der Waals surface area contributed by atoms with Gasteiger partial charge in [0.25, 0.3) is 0 Å². The van der Waals surface area contributed by atoms with E-state index in [-0.39, 0.29) is 5.72 Å². The van der Waals surface area contributed by atoms with Crippen molar-refractivity contribution in [3.63, 3.8) is 0 Å². The van der Waals surface area contributed by atoms with Crippen LogP contribution in [0.3, 0.4) is 0 Å². The summed E-state index contributed by atoms with van der Waals surface area (Å²) in [5, 5.41) is 3.63. The number of hydrogen-bond donors (Lipinski definition) is 1. The van der Waals surface area contributed by atoms with Gasteiger partial charge in [0, 0.05) is 6.04 Å². The van der Waals surface area contributed by atoms with Crippen LogP contribution >= 0.6 is 0 Å². The van der Waals surface area contributed by atoms with Crippen LogP contribution in [0, 0.1) is 5.92 Å². The summed E-state index contributed by atoms with van der Waals surface area (Å²) < 4.78 is 5.91. The van der Waals surface area contributed by atoms with Crippen LogP contribution in [0.5, 0.6) is 0 Å². The van der Waals surface area contributed by atoms with Crippen LogP contribution in [0.4, 0.5) is 0 Å². The lowest BCUT2D eigenvalue weighted by Crippen LogP contribution is -2.57. The predicted octanol–water partition coefficient (Wildman–Crippen LogP) is 2.29. The highest BCUT2D eigenvalue weighted by molar-refractivity contribution is 4.88. The molecule has 0 aromatic heterocycles. The SMILES string of the molecule is CC1CCC2(CC1)NC(C)CCO2. The van der Waals surface area contributed by atoms with Gasteiger partial charge in [0.15, 0.2) is 0 Å². The third-order valence-electron chi connectivity index (χ3n) is 3.52. The highest BCUT2D eigenvalue weighted by atomic mass is 16.5. The quantitative estimate of drug-likeness (QED) is 0.622. The molecule has 1 aliphatic carbocycles. The van der Waals surface area contributed by atoms with E-state index < -0.39 is 0 Å². The van der Waals surface area contributed by atoms with Crippen LogP contribution in [0.2, 0.25) is 0 Å². The van der Waals surface area contributed by atoms with Crippen LogP contribution < -0.4 is 5.32 Å². The summed E-state index contributed by atoms with van der Waals surface area (Å²) in [6.45, 7) is 5.56. The number of rotatable bonds is 0. The molecule has 1 saturated carbocycles. The molecule has 1 atom stereocenters. The van der Waals surface area contributed by atoms with E-state index in [1.165, 1.54) is 25.7 Å². The molecule has 0 bridgehead atoms. The normalized spacial score (nSPS) is 46.6. The fourth-order valence-corrected chi connectivity index (χ4v) is 2.51. The first-order valence-corrected chi connectivity index (χ1v) is 5.62. The molecule has 2 fully saturated rings. The van der Waals surface area contributed by atoms with Crippen molar-refractivity contribution in [1.82, 2.24) is 5.32 Å². The molecule has 0 radical (unpaired) electrons. The van der Waals surface area contributed by atoms with E-state index in [2.05, 4.69) is 19.2 Å². The van der Waals surface area contributed by atoms with Gasteiger partial charge < -0.3 is 4.74 Å². The Morgan fingerprint density at radius 2 is 1.85 bits per heavy atom. The molecule has 1 aliphatic heterocycles. The summed E-state index contributed by atoms with van der Waals surface area (Å²) in [5.41, 5.74) is 0.0597. The van der Waals surface area contributed by atoms with Gasteiger partial charge in [0.1, 0.15) is 5.72 Å². The second-order valence-corrected chi connectivity index (χ2v) is 4.86. The van der Waals surface area contributed by atoms with E-state index >= 15 is 0 Å². The first kappa shape index (κ1) is 9.47. The molecule has 1 heterocycles. The summed E-state index contributed by atoms with van der Waals surface area (Å²) >= 11 is 0. The summed E-state index contributed by atoms with van der Waals surface area (Å²) in [7, 11) is 0. The molecular weight excluding hydrogens is 162 g/mol. The molecule has 1 spiro atoms. The van der Waals surface area contributed by atoms with Crippen molar-refractivity contribution < 1.29 is 4.74 Å². The Hall–Kier alpha value is -0.0800. The Balaban J connectivity index is 1.95. The molecule has 0 aromatic rings. The summed E-state index contributed by atoms with van der Waals surface area (Å²) in [6, 6.07) is 0.641. The Morgan fingerprint density at radius 3 is 2.46 bits per heavy atom. The maximum absolute atomic E-state index is 5.91. The second-order valence-electron chi connectivity index (χ2n) is 4.86. The van der Waals surface area contributed by atoms with Crippen molar-refractivity contribution in [2.75, 3.05) is 6.61 Å². The molecule has 2 rings (SSSR count). The van der Waals surface area contributed by atoms with Gasteiger partial charge in [-0.3, -0.25) is 5.32 Å². The van der Waals surface area contributed by atoms with Gasteiger partial charge in [-0.25, -0.2) is 0 Å². The molecule has 13 heavy (non-hydrogen) atoms. The van der Waals surface area contributed by atoms with Crippen molar-refractivity contribution in [2.45, 2.75) is 57.7 Å². The van der Waals surface area contributed by atoms with Crippen LogP contribution in [0.1, 0.15) is 46.0 Å². The first-order chi connectivity index (χ1) is 6.20. The van der Waals surface area contributed by atoms with Gasteiger partial charge in [0.2, 0.25) is 0 Å². The van der Waals surface area contributed by atoms with Crippen molar-refractivity contribution in [3.8, 4) is 0 Å². The molecule has 1 unspecified atom stereocenters. The van der Waals surface area contributed by atoms with Crippen LogP contribution in [0.15, 0.2) is 0 Å². The fraction of sp³-hybridized carbons (Fsp3) is 1.00. The minimum atomic E-state index is 0.0597. The van der Waals surface area contributed by atoms with E-state index in [1.807, 2.05) is 0 Å². The van der Waals surface area contributed by atoms with Gasteiger partial charge >= 0.3 is 0 Å². The summed E-state index contributed by atoms with van der Waals surface area (Å²) in [4.78, 5) is 0. The smallest absolute Gasteiger partial charge is 0.119 e. The number of hydrogen-bond acceptors (Lipinski definition) is 2. The largest absolute Gasteiger partial charge is 0.361 e. The van der Waals surface area contributed by atoms with E-state index in [4.69, 9.17) is 4.74 Å². The second kappa shape index (κ2) is 3.58. The Morgan fingerprint density at radius 1 is 1.15 bits per heavy atom. The van der Waals surface area contributed by atoms with Crippen molar-refractivity contribution in [3.05, 3.63) is 0 Å². The minimum absolute atomic E-state index is 0.0597. The molecule has 2 nitrogen and oxygen atoms in total. The summed E-state index contributed by atoms with van der Waals surface area (Å²) in [6.07, 6.45) is 6.22. The van der Waals surface area contributed by atoms with Crippen molar-refractivity contribution in [2.24, 2.45) is 5.92 Å². The van der Waals surface area contributed by atoms with Gasteiger partial charge in [0.05, 0.1) is 6.61 Å². The zero-order chi connectivity index (χ0) is 9.31. The van der Waals surface area contributed by atoms with Crippen LogP contribution in [-0.2, 0) is 4.74 Å². The van der Waals surface area contributed by atoms with Crippen LogP contribution in [-0.4, -0.2) is 18.4 Å². The van der Waals surface area contributed by atoms with Gasteiger partial charge in [-0.1, -0.05) is 6.92 Å². The Bertz CT molecular complexity index is 173. The molecule has 1 saturated heterocycles. The predicted molar refractivity (Wildman–Crippen MR) is 53.5 cm³/mol. The average Bonchev–Trinajstić information content (AvgIpc) is 2.11. The lowest BCUT2D eigenvalue weighted by atomic mass is 9.83. The molecule has 2 heteroatoms. The lowest BCUT2D eigenvalue weighted by Gasteiger charge is -2.45. The first-order valence-electron chi connectivity index (χ1n) is 5.62. The number of nitrogens with one attached hydrogen (secondary N) is 1. The Labute approximate surface area is 81.0 Å². The monoisotopic (exact) mass is 183 g/mol. The van der Waals surface area contributed by atoms with Crippen molar-refractivity contribution in [1.29, 1.82) is 0 Å². The molecule has 76 valence electrons. The highest BCUT2D eigenvalue weighted by Gasteiger charge is 2.38. The maximum atomic E-state index is 5.91. The molecule has 0 amide bonds. The molecule has 1 N–H and O–H groups in total. The minimum Gasteiger partial charge on any atom is -0.361 e. The summed E-state index contributed by atoms with van der Waals surface area (Å²) in [5.74, 6) is 0.897. The van der Waals surface area contributed by atoms with Crippen LogP contribution in [0.25, 0.3) is 0 Å². The average molecular weight is 183 g/mol. The topological polar surface area (TPSA) is 21.3 Å². The lowest BCUT2D eigenvalue weighted by molar-refractivity contribution is -0.133. The highest BCUT2D eigenvalue weighted by Crippen LogP contribution is 2.34. The van der Waals surface area contributed by atoms with Gasteiger partial charge in [-0.05, 0) is 44.9 Å². The zero-order valence-electron chi connectivity index (χ0n) is 8.81. The van der Waals surface area contributed by atoms with Gasteiger partial charge in [-0.2, -0.15) is 0 Å². The zero-order valence-corrected chi connectivity index (χ0v) is 8.81. The molecule has 2 aliphatic rings. The standard InChI is InChI=1S/C11H21NO/c1-9-3-6-11(7-4-9)12-10(2)5-8-13-11/h9-10,12H,3-8H2,1-2H3. The number of ether oxygens (including phenoxy) is 1. The van der Waals surface area contributed by atoms with E-state index in [0.29, 0.717) is 6.04 Å². The Kier molecular flexibility index (Phi) is 2.61. The molecule has 0 aromatic carbocycles. The van der Waals surface area contributed by atoms with Gasteiger partial charge in [-0.15, -0.1) is 0 Å². The van der Waals surface area contributed by atoms with E-state index in [1.54, 1.807) is 0 Å². The molecular formula is C11H21NO. The van der Waals surface area contributed by atoms with E-state index in [9.17, 15) is 0 Å².